The van der Waals surface area contributed by atoms with E-state index >= 15 is 0 Å². The highest BCUT2D eigenvalue weighted by atomic mass is 35.5. The average molecular weight is 304 g/mol. The van der Waals surface area contributed by atoms with E-state index in [4.69, 9.17) is 11.6 Å². The summed E-state index contributed by atoms with van der Waals surface area (Å²) in [6.45, 7) is 0.0737. The van der Waals surface area contributed by atoms with Crippen molar-refractivity contribution in [2.45, 2.75) is 12.7 Å². The highest BCUT2D eigenvalue weighted by Gasteiger charge is 2.30. The number of nitrogens with one attached hydrogen (secondary N) is 1. The van der Waals surface area contributed by atoms with Gasteiger partial charge in [0.15, 0.2) is 0 Å². The molecule has 0 aliphatic heterocycles. The topological polar surface area (TPSA) is 12.0 Å². The van der Waals surface area contributed by atoms with Crippen molar-refractivity contribution in [1.29, 1.82) is 0 Å². The summed E-state index contributed by atoms with van der Waals surface area (Å²) in [4.78, 5) is 0. The van der Waals surface area contributed by atoms with Crippen LogP contribution in [0.25, 0.3) is 0 Å². The van der Waals surface area contributed by atoms with Gasteiger partial charge in [0.1, 0.15) is 5.82 Å². The second-order valence-corrected chi connectivity index (χ2v) is 4.60. The fourth-order valence-electron chi connectivity index (χ4n) is 1.67. The van der Waals surface area contributed by atoms with Crippen LogP contribution < -0.4 is 5.32 Å². The van der Waals surface area contributed by atoms with Crippen molar-refractivity contribution in [3.05, 3.63) is 64.4 Å². The second-order valence-electron chi connectivity index (χ2n) is 4.17. The molecule has 0 fully saturated rings. The molecule has 2 rings (SSSR count). The lowest BCUT2D eigenvalue weighted by Gasteiger charge is -2.11. The van der Waals surface area contributed by atoms with E-state index in [1.165, 1.54) is 24.3 Å². The predicted octanol–water partition coefficient (Wildman–Crippen LogP) is 5.11. The monoisotopic (exact) mass is 303 g/mol. The Morgan fingerprint density at radius 2 is 1.80 bits per heavy atom. The van der Waals surface area contributed by atoms with E-state index in [0.717, 1.165) is 18.2 Å². The molecule has 106 valence electrons. The first-order valence-corrected chi connectivity index (χ1v) is 6.09. The van der Waals surface area contributed by atoms with Gasteiger partial charge >= 0.3 is 6.18 Å². The van der Waals surface area contributed by atoms with E-state index in [1.807, 2.05) is 0 Å². The number of hydrogen-bond donors (Lipinski definition) is 1. The molecule has 0 radical (unpaired) electrons. The van der Waals surface area contributed by atoms with Crippen LogP contribution in [-0.4, -0.2) is 0 Å². The molecule has 0 spiro atoms. The Morgan fingerprint density at radius 3 is 2.45 bits per heavy atom. The molecular formula is C14H10ClF4N. The zero-order valence-corrected chi connectivity index (χ0v) is 10.9. The minimum absolute atomic E-state index is 0.0737. The van der Waals surface area contributed by atoms with Crippen LogP contribution in [0.2, 0.25) is 5.02 Å². The van der Waals surface area contributed by atoms with Gasteiger partial charge in [-0.25, -0.2) is 4.39 Å². The lowest BCUT2D eigenvalue weighted by Crippen LogP contribution is -2.07. The average Bonchev–Trinajstić information content (AvgIpc) is 2.37. The maximum absolute atomic E-state index is 13.5. The molecule has 1 N–H and O–H groups in total. The quantitative estimate of drug-likeness (QED) is 0.777. The summed E-state index contributed by atoms with van der Waals surface area (Å²) in [5, 5.41) is 3.02. The molecule has 0 heterocycles. The van der Waals surface area contributed by atoms with Gasteiger partial charge < -0.3 is 5.32 Å². The first-order valence-electron chi connectivity index (χ1n) is 5.71. The third-order valence-electron chi connectivity index (χ3n) is 2.69. The fourth-order valence-corrected chi connectivity index (χ4v) is 1.83. The molecule has 2 aromatic rings. The maximum atomic E-state index is 13.5. The highest BCUT2D eigenvalue weighted by molar-refractivity contribution is 6.30. The van der Waals surface area contributed by atoms with Crippen LogP contribution in [0.1, 0.15) is 11.1 Å². The molecule has 6 heteroatoms. The van der Waals surface area contributed by atoms with Crippen LogP contribution in [0.5, 0.6) is 0 Å². The minimum Gasteiger partial charge on any atom is -0.381 e. The highest BCUT2D eigenvalue weighted by Crippen LogP contribution is 2.30. The Labute approximate surface area is 118 Å². The SMILES string of the molecule is Fc1cc(Cl)ccc1CNc1cccc(C(F)(F)F)c1. The Bertz CT molecular complexity index is 610. The molecule has 0 saturated carbocycles. The van der Waals surface area contributed by atoms with Gasteiger partial charge in [-0.15, -0.1) is 0 Å². The summed E-state index contributed by atoms with van der Waals surface area (Å²) in [5.41, 5.74) is -0.153. The van der Waals surface area contributed by atoms with Gasteiger partial charge in [0.05, 0.1) is 5.56 Å². The molecule has 0 aliphatic rings. The molecule has 0 bridgehead atoms. The van der Waals surface area contributed by atoms with E-state index in [1.54, 1.807) is 0 Å². The normalized spacial score (nSPS) is 11.4. The Hall–Kier alpha value is -1.75. The largest absolute Gasteiger partial charge is 0.416 e. The standard InChI is InChI=1S/C14H10ClF4N/c15-11-5-4-9(13(16)7-11)8-20-12-3-1-2-10(6-12)14(17,18)19/h1-7,20H,8H2. The van der Waals surface area contributed by atoms with Crippen molar-refractivity contribution < 1.29 is 17.6 Å². The first kappa shape index (κ1) is 14.7. The van der Waals surface area contributed by atoms with Crippen molar-refractivity contribution in [2.24, 2.45) is 0 Å². The first-order chi connectivity index (χ1) is 9.36. The second kappa shape index (κ2) is 5.71. The Kier molecular flexibility index (Phi) is 4.18. The lowest BCUT2D eigenvalue weighted by molar-refractivity contribution is -0.137. The van der Waals surface area contributed by atoms with Gasteiger partial charge in [0.25, 0.3) is 0 Å². The summed E-state index contributed by atoms with van der Waals surface area (Å²) < 4.78 is 51.1. The number of anilines is 1. The van der Waals surface area contributed by atoms with Gasteiger partial charge in [-0.05, 0) is 30.3 Å². The van der Waals surface area contributed by atoms with E-state index in [9.17, 15) is 17.6 Å². The van der Waals surface area contributed by atoms with Crippen molar-refractivity contribution in [2.75, 3.05) is 5.32 Å². The summed E-state index contributed by atoms with van der Waals surface area (Å²) in [7, 11) is 0. The third kappa shape index (κ3) is 3.63. The third-order valence-corrected chi connectivity index (χ3v) is 2.92. The number of rotatable bonds is 3. The Balaban J connectivity index is 2.11. The summed E-state index contributed by atoms with van der Waals surface area (Å²) in [6.07, 6.45) is -4.40. The van der Waals surface area contributed by atoms with Crippen LogP contribution in [-0.2, 0) is 12.7 Å². The van der Waals surface area contributed by atoms with Crippen molar-refractivity contribution in [3.63, 3.8) is 0 Å². The number of benzene rings is 2. The van der Waals surface area contributed by atoms with Crippen molar-refractivity contribution in [3.8, 4) is 0 Å². The van der Waals surface area contributed by atoms with E-state index in [0.29, 0.717) is 5.56 Å². The Morgan fingerprint density at radius 1 is 1.05 bits per heavy atom. The van der Waals surface area contributed by atoms with Crippen LogP contribution >= 0.6 is 11.6 Å². The molecule has 2 aromatic carbocycles. The molecule has 0 atom stereocenters. The van der Waals surface area contributed by atoms with Crippen molar-refractivity contribution in [1.82, 2.24) is 0 Å². The molecule has 1 nitrogen and oxygen atoms in total. The zero-order valence-electron chi connectivity index (χ0n) is 10.1. The van der Waals surface area contributed by atoms with Gasteiger partial charge in [-0.1, -0.05) is 23.7 Å². The smallest absolute Gasteiger partial charge is 0.381 e. The van der Waals surface area contributed by atoms with Gasteiger partial charge in [-0.2, -0.15) is 13.2 Å². The molecule has 0 aromatic heterocycles. The van der Waals surface area contributed by atoms with Crippen molar-refractivity contribution >= 4 is 17.3 Å². The van der Waals surface area contributed by atoms with Crippen LogP contribution in [0.3, 0.4) is 0 Å². The van der Waals surface area contributed by atoms with Gasteiger partial charge in [-0.3, -0.25) is 0 Å². The van der Waals surface area contributed by atoms with Crippen LogP contribution in [0.15, 0.2) is 42.5 Å². The van der Waals surface area contributed by atoms with Crippen LogP contribution in [0.4, 0.5) is 23.2 Å². The summed E-state index contributed by atoms with van der Waals surface area (Å²) >= 11 is 5.62. The molecule has 0 amide bonds. The molecular weight excluding hydrogens is 294 g/mol. The predicted molar refractivity (Wildman–Crippen MR) is 70.2 cm³/mol. The van der Waals surface area contributed by atoms with E-state index < -0.39 is 17.6 Å². The van der Waals surface area contributed by atoms with E-state index in [-0.39, 0.29) is 17.3 Å². The summed E-state index contributed by atoms with van der Waals surface area (Å²) in [6, 6.07) is 8.91. The van der Waals surface area contributed by atoms with E-state index in [2.05, 4.69) is 5.32 Å². The zero-order chi connectivity index (χ0) is 14.8. The number of hydrogen-bond acceptors (Lipinski definition) is 1. The lowest BCUT2D eigenvalue weighted by atomic mass is 10.1. The molecule has 0 aliphatic carbocycles. The maximum Gasteiger partial charge on any atom is 0.416 e. The minimum atomic E-state index is -4.40. The van der Waals surface area contributed by atoms with Crippen LogP contribution in [0, 0.1) is 5.82 Å². The number of halogens is 5. The molecule has 0 saturated heterocycles. The van der Waals surface area contributed by atoms with Gasteiger partial charge in [0.2, 0.25) is 0 Å². The number of alkyl halides is 3. The summed E-state index contributed by atoms with van der Waals surface area (Å²) in [5.74, 6) is -0.503. The fraction of sp³-hybridized carbons (Fsp3) is 0.143. The van der Waals surface area contributed by atoms with Gasteiger partial charge in [0, 0.05) is 22.8 Å². The molecule has 20 heavy (non-hydrogen) atoms. The molecule has 0 unspecified atom stereocenters.